The van der Waals surface area contributed by atoms with E-state index in [0.29, 0.717) is 11.7 Å². The molecule has 4 rings (SSSR count). The molecule has 1 aromatic heterocycles. The average molecular weight is 385 g/mol. The van der Waals surface area contributed by atoms with E-state index in [9.17, 15) is 13.6 Å². The molecule has 1 amide bonds. The Hall–Kier alpha value is -2.06. The molecule has 2 fully saturated rings. The Kier molecular flexibility index (Phi) is 4.98. The number of nitrogens with zero attached hydrogens (tertiary/aromatic N) is 3. The predicted molar refractivity (Wildman–Crippen MR) is 91.9 cm³/mol. The molecule has 2 aromatic rings. The van der Waals surface area contributed by atoms with Crippen molar-refractivity contribution in [1.82, 2.24) is 10.1 Å². The Morgan fingerprint density at radius 3 is 2.69 bits per heavy atom. The minimum absolute atomic E-state index is 0. The van der Waals surface area contributed by atoms with Crippen LogP contribution in [0.15, 0.2) is 22.7 Å². The van der Waals surface area contributed by atoms with Gasteiger partial charge in [0.2, 0.25) is 11.8 Å². The zero-order valence-corrected chi connectivity index (χ0v) is 14.8. The lowest BCUT2D eigenvalue weighted by Crippen LogP contribution is -2.34. The number of hydrogen-bond acceptors (Lipinski definition) is 5. The van der Waals surface area contributed by atoms with E-state index in [2.05, 4.69) is 10.1 Å². The number of benzene rings is 1. The standard InChI is InChI=1S/C17H18F2N4O2.ClH/c18-11-3-4-13(12(19)8-11)23-9-10(7-14(23)24)15-21-16(22-25-15)17(20)5-1-2-6-17;/h3-4,8,10H,1-2,5-7,9,20H2;1H. The van der Waals surface area contributed by atoms with E-state index in [0.717, 1.165) is 37.8 Å². The van der Waals surface area contributed by atoms with Crippen LogP contribution >= 0.6 is 12.4 Å². The number of halogens is 3. The van der Waals surface area contributed by atoms with Crippen LogP contribution in [0.4, 0.5) is 14.5 Å². The summed E-state index contributed by atoms with van der Waals surface area (Å²) >= 11 is 0. The second-order valence-electron chi connectivity index (χ2n) is 6.82. The van der Waals surface area contributed by atoms with Crippen LogP contribution in [0.1, 0.15) is 49.7 Å². The Labute approximate surface area is 155 Å². The predicted octanol–water partition coefficient (Wildman–Crippen LogP) is 3.02. The van der Waals surface area contributed by atoms with Crippen LogP contribution < -0.4 is 10.6 Å². The molecule has 0 spiro atoms. The van der Waals surface area contributed by atoms with Crippen molar-refractivity contribution < 1.29 is 18.1 Å². The summed E-state index contributed by atoms with van der Waals surface area (Å²) in [6, 6.07) is 3.15. The molecular weight excluding hydrogens is 366 g/mol. The molecule has 1 saturated heterocycles. The third-order valence-corrected chi connectivity index (χ3v) is 5.06. The molecule has 1 saturated carbocycles. The summed E-state index contributed by atoms with van der Waals surface area (Å²) in [7, 11) is 0. The van der Waals surface area contributed by atoms with Crippen molar-refractivity contribution in [2.75, 3.05) is 11.4 Å². The molecule has 2 N–H and O–H groups in total. The number of hydrogen-bond donors (Lipinski definition) is 1. The van der Waals surface area contributed by atoms with E-state index in [1.54, 1.807) is 0 Å². The number of amides is 1. The first-order valence-corrected chi connectivity index (χ1v) is 8.35. The smallest absolute Gasteiger partial charge is 0.232 e. The lowest BCUT2D eigenvalue weighted by Gasteiger charge is -2.18. The lowest BCUT2D eigenvalue weighted by molar-refractivity contribution is -0.117. The lowest BCUT2D eigenvalue weighted by atomic mass is 9.98. The van der Waals surface area contributed by atoms with Gasteiger partial charge in [-0.25, -0.2) is 8.78 Å². The number of rotatable bonds is 3. The second-order valence-corrected chi connectivity index (χ2v) is 6.82. The zero-order chi connectivity index (χ0) is 17.6. The van der Waals surface area contributed by atoms with E-state index in [1.165, 1.54) is 11.0 Å². The monoisotopic (exact) mass is 384 g/mol. The maximum Gasteiger partial charge on any atom is 0.232 e. The molecule has 6 nitrogen and oxygen atoms in total. The van der Waals surface area contributed by atoms with Crippen LogP contribution in [0.3, 0.4) is 0 Å². The van der Waals surface area contributed by atoms with Crippen molar-refractivity contribution in [2.45, 2.75) is 43.6 Å². The van der Waals surface area contributed by atoms with Crippen LogP contribution in [-0.2, 0) is 10.3 Å². The highest BCUT2D eigenvalue weighted by molar-refractivity contribution is 5.96. The SMILES string of the molecule is Cl.NC1(c2noc(C3CC(=O)N(c4ccc(F)cc4F)C3)n2)CCCC1. The van der Waals surface area contributed by atoms with Crippen molar-refractivity contribution in [3.8, 4) is 0 Å². The van der Waals surface area contributed by atoms with Gasteiger partial charge in [0.25, 0.3) is 0 Å². The van der Waals surface area contributed by atoms with E-state index in [-0.39, 0.29) is 42.9 Å². The molecule has 2 heterocycles. The van der Waals surface area contributed by atoms with E-state index in [4.69, 9.17) is 10.3 Å². The molecule has 26 heavy (non-hydrogen) atoms. The van der Waals surface area contributed by atoms with Gasteiger partial charge in [-0.2, -0.15) is 4.98 Å². The summed E-state index contributed by atoms with van der Waals surface area (Å²) in [6.45, 7) is 0.209. The van der Waals surface area contributed by atoms with Gasteiger partial charge < -0.3 is 15.2 Å². The minimum Gasteiger partial charge on any atom is -0.339 e. The molecule has 1 aliphatic carbocycles. The molecular formula is C17H19ClF2N4O2. The Bertz CT molecular complexity index is 823. The first kappa shape index (κ1) is 18.7. The van der Waals surface area contributed by atoms with Crippen LogP contribution in [-0.4, -0.2) is 22.6 Å². The van der Waals surface area contributed by atoms with Gasteiger partial charge in [-0.05, 0) is 25.0 Å². The molecule has 0 radical (unpaired) electrons. The fourth-order valence-electron chi connectivity index (χ4n) is 3.64. The van der Waals surface area contributed by atoms with Crippen LogP contribution in [0.2, 0.25) is 0 Å². The molecule has 2 aliphatic rings. The zero-order valence-electron chi connectivity index (χ0n) is 14.0. The number of carbonyl (C=O) groups is 1. The Morgan fingerprint density at radius 2 is 2.00 bits per heavy atom. The highest BCUT2D eigenvalue weighted by Crippen LogP contribution is 2.37. The maximum atomic E-state index is 14.0. The van der Waals surface area contributed by atoms with Gasteiger partial charge in [0.15, 0.2) is 5.82 Å². The normalized spacial score (nSPS) is 21.9. The summed E-state index contributed by atoms with van der Waals surface area (Å²) in [6.07, 6.45) is 3.81. The van der Waals surface area contributed by atoms with Gasteiger partial charge >= 0.3 is 0 Å². The maximum absolute atomic E-state index is 14.0. The number of anilines is 1. The summed E-state index contributed by atoms with van der Waals surface area (Å²) in [4.78, 5) is 18.0. The molecule has 0 bridgehead atoms. The second kappa shape index (κ2) is 6.92. The third-order valence-electron chi connectivity index (χ3n) is 5.06. The van der Waals surface area contributed by atoms with Crippen LogP contribution in [0.25, 0.3) is 0 Å². The first-order chi connectivity index (χ1) is 12.0. The van der Waals surface area contributed by atoms with Gasteiger partial charge in [0.1, 0.15) is 11.6 Å². The average Bonchev–Trinajstić information content (AvgIpc) is 3.27. The molecule has 1 aliphatic heterocycles. The number of nitrogens with two attached hydrogens (primary N) is 1. The fourth-order valence-corrected chi connectivity index (χ4v) is 3.64. The molecule has 1 atom stereocenters. The van der Waals surface area contributed by atoms with Gasteiger partial charge in [0, 0.05) is 19.0 Å². The van der Waals surface area contributed by atoms with Crippen LogP contribution in [0, 0.1) is 11.6 Å². The van der Waals surface area contributed by atoms with Crippen molar-refractivity contribution >= 4 is 24.0 Å². The van der Waals surface area contributed by atoms with E-state index in [1.807, 2.05) is 0 Å². The van der Waals surface area contributed by atoms with Crippen molar-refractivity contribution in [2.24, 2.45) is 5.73 Å². The summed E-state index contributed by atoms with van der Waals surface area (Å²) in [5, 5.41) is 4.00. The topological polar surface area (TPSA) is 85.2 Å². The van der Waals surface area contributed by atoms with Crippen molar-refractivity contribution in [3.63, 3.8) is 0 Å². The highest BCUT2D eigenvalue weighted by Gasteiger charge is 2.40. The number of carbonyl (C=O) groups excluding carboxylic acids is 1. The van der Waals surface area contributed by atoms with Crippen molar-refractivity contribution in [3.05, 3.63) is 41.5 Å². The van der Waals surface area contributed by atoms with Gasteiger partial charge in [-0.1, -0.05) is 18.0 Å². The quantitative estimate of drug-likeness (QED) is 0.879. The van der Waals surface area contributed by atoms with E-state index < -0.39 is 17.2 Å². The van der Waals surface area contributed by atoms with Gasteiger partial charge in [0.05, 0.1) is 17.1 Å². The minimum atomic E-state index is -0.771. The molecule has 1 aromatic carbocycles. The molecule has 140 valence electrons. The Morgan fingerprint density at radius 1 is 1.27 bits per heavy atom. The number of aromatic nitrogens is 2. The van der Waals surface area contributed by atoms with Crippen LogP contribution in [0.5, 0.6) is 0 Å². The summed E-state index contributed by atoms with van der Waals surface area (Å²) in [5.41, 5.74) is 5.82. The summed E-state index contributed by atoms with van der Waals surface area (Å²) in [5.74, 6) is -1.24. The van der Waals surface area contributed by atoms with Gasteiger partial charge in [-0.3, -0.25) is 4.79 Å². The highest BCUT2D eigenvalue weighted by atomic mass is 35.5. The largest absolute Gasteiger partial charge is 0.339 e. The van der Waals surface area contributed by atoms with E-state index >= 15 is 0 Å². The van der Waals surface area contributed by atoms with Crippen molar-refractivity contribution in [1.29, 1.82) is 0 Å². The first-order valence-electron chi connectivity index (χ1n) is 8.35. The fraction of sp³-hybridized carbons (Fsp3) is 0.471. The molecule has 1 unspecified atom stereocenters. The van der Waals surface area contributed by atoms with Gasteiger partial charge in [-0.15, -0.1) is 12.4 Å². The molecule has 9 heteroatoms. The Balaban J connectivity index is 0.00000196. The summed E-state index contributed by atoms with van der Waals surface area (Å²) < 4.78 is 32.4. The third kappa shape index (κ3) is 3.19.